The zero-order chi connectivity index (χ0) is 16.8. The number of carbonyl (C=O) groups excluding carboxylic acids is 3. The largest absolute Gasteiger partial charge is 0.354 e. The normalized spacial score (nSPS) is 17.3. The standard InChI is InChI=1S/C16H20ClN3O3/c1-2-3-13-15(22)20(16(23)19-13)10-14(21)18-9-8-11-4-6-12(17)7-5-11/h4-7,13H,2-3,8-10H2,1H3,(H,18,21)(H,19,23). The van der Waals surface area contributed by atoms with Crippen molar-refractivity contribution in [2.75, 3.05) is 13.1 Å². The summed E-state index contributed by atoms with van der Waals surface area (Å²) in [5.74, 6) is -0.677. The Morgan fingerprint density at radius 2 is 2.00 bits per heavy atom. The lowest BCUT2D eigenvalue weighted by atomic mass is 10.1. The number of nitrogens with one attached hydrogen (secondary N) is 2. The number of nitrogens with zero attached hydrogens (tertiary/aromatic N) is 1. The predicted octanol–water partition coefficient (Wildman–Crippen LogP) is 1.72. The quantitative estimate of drug-likeness (QED) is 0.744. The van der Waals surface area contributed by atoms with Crippen LogP contribution >= 0.6 is 11.6 Å². The van der Waals surface area contributed by atoms with Crippen molar-refractivity contribution >= 4 is 29.4 Å². The molecule has 0 saturated carbocycles. The molecule has 0 aliphatic carbocycles. The zero-order valence-electron chi connectivity index (χ0n) is 13.0. The van der Waals surface area contributed by atoms with Gasteiger partial charge in [0.05, 0.1) is 0 Å². The van der Waals surface area contributed by atoms with Crippen molar-refractivity contribution in [3.05, 3.63) is 34.9 Å². The Bertz CT molecular complexity index is 589. The molecule has 124 valence electrons. The summed E-state index contributed by atoms with van der Waals surface area (Å²) < 4.78 is 0. The second kappa shape index (κ2) is 7.97. The van der Waals surface area contributed by atoms with Crippen molar-refractivity contribution in [2.24, 2.45) is 0 Å². The van der Waals surface area contributed by atoms with Gasteiger partial charge >= 0.3 is 6.03 Å². The Labute approximate surface area is 140 Å². The van der Waals surface area contributed by atoms with Crippen molar-refractivity contribution in [3.63, 3.8) is 0 Å². The first-order valence-electron chi connectivity index (χ1n) is 7.64. The highest BCUT2D eigenvalue weighted by Crippen LogP contribution is 2.11. The molecule has 1 aliphatic heterocycles. The Balaban J connectivity index is 1.77. The topological polar surface area (TPSA) is 78.5 Å². The van der Waals surface area contributed by atoms with Crippen LogP contribution in [0.2, 0.25) is 5.02 Å². The molecule has 1 aromatic carbocycles. The molecule has 1 fully saturated rings. The molecule has 23 heavy (non-hydrogen) atoms. The van der Waals surface area contributed by atoms with Gasteiger partial charge < -0.3 is 10.6 Å². The summed E-state index contributed by atoms with van der Waals surface area (Å²) in [4.78, 5) is 36.6. The first kappa shape index (κ1) is 17.3. The number of carbonyl (C=O) groups is 3. The van der Waals surface area contributed by atoms with Crippen LogP contribution in [-0.2, 0) is 16.0 Å². The lowest BCUT2D eigenvalue weighted by Gasteiger charge is -2.13. The highest BCUT2D eigenvalue weighted by molar-refractivity contribution is 6.30. The first-order chi connectivity index (χ1) is 11.0. The van der Waals surface area contributed by atoms with Gasteiger partial charge in [-0.2, -0.15) is 0 Å². The van der Waals surface area contributed by atoms with Crippen LogP contribution in [0, 0.1) is 0 Å². The fraction of sp³-hybridized carbons (Fsp3) is 0.438. The number of halogens is 1. The van der Waals surface area contributed by atoms with Crippen LogP contribution in [0.3, 0.4) is 0 Å². The molecule has 0 aromatic heterocycles. The molecule has 2 N–H and O–H groups in total. The molecule has 1 aromatic rings. The molecule has 4 amide bonds. The smallest absolute Gasteiger partial charge is 0.325 e. The number of imide groups is 1. The Kier molecular flexibility index (Phi) is 5.98. The van der Waals surface area contributed by atoms with Gasteiger partial charge in [0.15, 0.2) is 0 Å². The number of benzene rings is 1. The third-order valence-electron chi connectivity index (χ3n) is 3.64. The van der Waals surface area contributed by atoms with E-state index in [1.807, 2.05) is 19.1 Å². The molecule has 2 rings (SSSR count). The van der Waals surface area contributed by atoms with Gasteiger partial charge in [-0.05, 0) is 30.5 Å². The first-order valence-corrected chi connectivity index (χ1v) is 8.02. The van der Waals surface area contributed by atoms with E-state index in [0.717, 1.165) is 16.9 Å². The predicted molar refractivity (Wildman–Crippen MR) is 87.1 cm³/mol. The van der Waals surface area contributed by atoms with E-state index in [9.17, 15) is 14.4 Å². The van der Waals surface area contributed by atoms with Gasteiger partial charge in [-0.3, -0.25) is 14.5 Å². The van der Waals surface area contributed by atoms with E-state index in [4.69, 9.17) is 11.6 Å². The van der Waals surface area contributed by atoms with E-state index in [-0.39, 0.29) is 18.4 Å². The molecule has 1 unspecified atom stereocenters. The highest BCUT2D eigenvalue weighted by Gasteiger charge is 2.38. The maximum atomic E-state index is 12.0. The Hall–Kier alpha value is -2.08. The average Bonchev–Trinajstić information content (AvgIpc) is 2.77. The zero-order valence-corrected chi connectivity index (χ0v) is 13.7. The third-order valence-corrected chi connectivity index (χ3v) is 3.89. The number of hydrogen-bond acceptors (Lipinski definition) is 3. The van der Waals surface area contributed by atoms with Gasteiger partial charge in [-0.1, -0.05) is 37.1 Å². The SMILES string of the molecule is CCCC1NC(=O)N(CC(=O)NCCc2ccc(Cl)cc2)C1=O. The van der Waals surface area contributed by atoms with Crippen LogP contribution in [0.4, 0.5) is 4.79 Å². The average molecular weight is 338 g/mol. The number of urea groups is 1. The molecular weight excluding hydrogens is 318 g/mol. The molecule has 6 nitrogen and oxygen atoms in total. The molecule has 0 bridgehead atoms. The molecular formula is C16H20ClN3O3. The van der Waals surface area contributed by atoms with Gasteiger partial charge in [-0.15, -0.1) is 0 Å². The number of rotatable bonds is 7. The third kappa shape index (κ3) is 4.69. The summed E-state index contributed by atoms with van der Waals surface area (Å²) in [6, 6.07) is 6.36. The molecule has 7 heteroatoms. The molecule has 1 aliphatic rings. The molecule has 1 atom stereocenters. The minimum absolute atomic E-state index is 0.245. The van der Waals surface area contributed by atoms with E-state index in [1.165, 1.54) is 0 Å². The van der Waals surface area contributed by atoms with Crippen LogP contribution in [0.1, 0.15) is 25.3 Å². The maximum Gasteiger partial charge on any atom is 0.325 e. The highest BCUT2D eigenvalue weighted by atomic mass is 35.5. The Morgan fingerprint density at radius 1 is 1.30 bits per heavy atom. The van der Waals surface area contributed by atoms with Crippen molar-refractivity contribution in [2.45, 2.75) is 32.2 Å². The van der Waals surface area contributed by atoms with E-state index in [0.29, 0.717) is 24.4 Å². The van der Waals surface area contributed by atoms with E-state index < -0.39 is 12.1 Å². The van der Waals surface area contributed by atoms with Crippen molar-refractivity contribution in [1.29, 1.82) is 0 Å². The van der Waals surface area contributed by atoms with E-state index >= 15 is 0 Å². The molecule has 0 radical (unpaired) electrons. The van der Waals surface area contributed by atoms with E-state index in [1.54, 1.807) is 12.1 Å². The summed E-state index contributed by atoms with van der Waals surface area (Å²) >= 11 is 5.81. The van der Waals surface area contributed by atoms with E-state index in [2.05, 4.69) is 10.6 Å². The summed E-state index contributed by atoms with van der Waals surface area (Å²) in [5.41, 5.74) is 1.05. The second-order valence-electron chi connectivity index (χ2n) is 5.44. The van der Waals surface area contributed by atoms with Gasteiger partial charge in [0.25, 0.3) is 5.91 Å². The van der Waals surface area contributed by atoms with Gasteiger partial charge in [0, 0.05) is 11.6 Å². The summed E-state index contributed by atoms with van der Waals surface area (Å²) in [7, 11) is 0. The van der Waals surface area contributed by atoms with Crippen molar-refractivity contribution in [3.8, 4) is 0 Å². The monoisotopic (exact) mass is 337 g/mol. The summed E-state index contributed by atoms with van der Waals surface area (Å²) in [6.07, 6.45) is 2.03. The maximum absolute atomic E-state index is 12.0. The molecule has 0 spiro atoms. The molecule has 1 saturated heterocycles. The summed E-state index contributed by atoms with van der Waals surface area (Å²) in [5, 5.41) is 5.97. The van der Waals surface area contributed by atoms with Crippen molar-refractivity contribution in [1.82, 2.24) is 15.5 Å². The van der Waals surface area contributed by atoms with Gasteiger partial charge in [-0.25, -0.2) is 4.79 Å². The summed E-state index contributed by atoms with van der Waals surface area (Å²) in [6.45, 7) is 2.12. The van der Waals surface area contributed by atoms with Crippen LogP contribution in [0.5, 0.6) is 0 Å². The fourth-order valence-corrected chi connectivity index (χ4v) is 2.53. The lowest BCUT2D eigenvalue weighted by molar-refractivity contribution is -0.132. The molecule has 1 heterocycles. The van der Waals surface area contributed by atoms with Crippen LogP contribution in [0.15, 0.2) is 24.3 Å². The minimum Gasteiger partial charge on any atom is -0.354 e. The van der Waals surface area contributed by atoms with Crippen LogP contribution in [0.25, 0.3) is 0 Å². The number of amides is 4. The Morgan fingerprint density at radius 3 is 2.65 bits per heavy atom. The lowest BCUT2D eigenvalue weighted by Crippen LogP contribution is -2.41. The number of hydrogen-bond donors (Lipinski definition) is 2. The fourth-order valence-electron chi connectivity index (χ4n) is 2.41. The minimum atomic E-state index is -0.505. The van der Waals surface area contributed by atoms with Gasteiger partial charge in [0.1, 0.15) is 12.6 Å². The van der Waals surface area contributed by atoms with Gasteiger partial charge in [0.2, 0.25) is 5.91 Å². The second-order valence-corrected chi connectivity index (χ2v) is 5.88. The van der Waals surface area contributed by atoms with Crippen LogP contribution in [-0.4, -0.2) is 41.9 Å². The van der Waals surface area contributed by atoms with Crippen LogP contribution < -0.4 is 10.6 Å². The van der Waals surface area contributed by atoms with Crippen molar-refractivity contribution < 1.29 is 14.4 Å².